The van der Waals surface area contributed by atoms with Crippen LogP contribution in [0.15, 0.2) is 12.1 Å². The van der Waals surface area contributed by atoms with Crippen LogP contribution in [0, 0.1) is 19.8 Å². The number of pyridine rings is 1. The normalized spacial score (nSPS) is 12.6. The van der Waals surface area contributed by atoms with E-state index in [1.807, 2.05) is 39.8 Å². The Labute approximate surface area is 96.3 Å². The van der Waals surface area contributed by atoms with Crippen molar-refractivity contribution in [2.75, 3.05) is 5.32 Å². The molecule has 1 aromatic rings. The van der Waals surface area contributed by atoms with Crippen LogP contribution < -0.4 is 11.1 Å². The molecule has 0 radical (unpaired) electrons. The second-order valence-electron chi connectivity index (χ2n) is 4.43. The second kappa shape index (κ2) is 5.07. The van der Waals surface area contributed by atoms with Gasteiger partial charge in [0.2, 0.25) is 5.91 Å². The van der Waals surface area contributed by atoms with Crippen molar-refractivity contribution >= 4 is 11.7 Å². The number of hydrogen-bond donors (Lipinski definition) is 2. The zero-order chi connectivity index (χ0) is 12.3. The van der Waals surface area contributed by atoms with Crippen LogP contribution >= 0.6 is 0 Å². The van der Waals surface area contributed by atoms with Gasteiger partial charge in [0, 0.05) is 5.69 Å². The summed E-state index contributed by atoms with van der Waals surface area (Å²) in [7, 11) is 0. The van der Waals surface area contributed by atoms with Gasteiger partial charge in [-0.25, -0.2) is 4.98 Å². The van der Waals surface area contributed by atoms with Gasteiger partial charge >= 0.3 is 0 Å². The number of aromatic nitrogens is 1. The summed E-state index contributed by atoms with van der Waals surface area (Å²) in [6, 6.07) is 3.29. The van der Waals surface area contributed by atoms with Crippen LogP contribution in [0.4, 0.5) is 5.82 Å². The summed E-state index contributed by atoms with van der Waals surface area (Å²) in [6.45, 7) is 7.69. The highest BCUT2D eigenvalue weighted by Crippen LogP contribution is 2.10. The number of amides is 1. The van der Waals surface area contributed by atoms with E-state index in [1.165, 1.54) is 0 Å². The summed E-state index contributed by atoms with van der Waals surface area (Å²) in [5.41, 5.74) is 7.70. The average molecular weight is 221 g/mol. The SMILES string of the molecule is Cc1cc(C)nc(NC(=O)[C@H](N)C(C)C)c1. The van der Waals surface area contributed by atoms with E-state index in [0.717, 1.165) is 11.3 Å². The predicted octanol–water partition coefficient (Wildman–Crippen LogP) is 1.62. The molecule has 16 heavy (non-hydrogen) atoms. The lowest BCUT2D eigenvalue weighted by atomic mass is 10.1. The smallest absolute Gasteiger partial charge is 0.242 e. The van der Waals surface area contributed by atoms with Crippen molar-refractivity contribution in [2.45, 2.75) is 33.7 Å². The molecule has 0 unspecified atom stereocenters. The van der Waals surface area contributed by atoms with Crippen molar-refractivity contribution in [1.82, 2.24) is 4.98 Å². The number of nitrogens with one attached hydrogen (secondary N) is 1. The number of carbonyl (C=O) groups excluding carboxylic acids is 1. The molecule has 0 saturated heterocycles. The van der Waals surface area contributed by atoms with Gasteiger partial charge in [0.25, 0.3) is 0 Å². The molecule has 1 amide bonds. The quantitative estimate of drug-likeness (QED) is 0.815. The largest absolute Gasteiger partial charge is 0.320 e. The minimum Gasteiger partial charge on any atom is -0.320 e. The van der Waals surface area contributed by atoms with Gasteiger partial charge in [0.15, 0.2) is 0 Å². The number of carbonyl (C=O) groups is 1. The Morgan fingerprint density at radius 1 is 1.38 bits per heavy atom. The lowest BCUT2D eigenvalue weighted by Gasteiger charge is -2.15. The molecule has 0 saturated carbocycles. The van der Waals surface area contributed by atoms with Crippen molar-refractivity contribution in [3.05, 3.63) is 23.4 Å². The summed E-state index contributed by atoms with van der Waals surface area (Å²) in [4.78, 5) is 15.9. The van der Waals surface area contributed by atoms with Crippen LogP contribution in [-0.2, 0) is 4.79 Å². The standard InChI is InChI=1S/C12H19N3O/c1-7(2)11(13)12(16)15-10-6-8(3)5-9(4)14-10/h5-7,11H,13H2,1-4H3,(H,14,15,16)/t11-/m1/s1. The maximum absolute atomic E-state index is 11.7. The van der Waals surface area contributed by atoms with Gasteiger partial charge in [-0.1, -0.05) is 13.8 Å². The van der Waals surface area contributed by atoms with Gasteiger partial charge in [-0.2, -0.15) is 0 Å². The van der Waals surface area contributed by atoms with Crippen molar-refractivity contribution in [3.8, 4) is 0 Å². The number of nitrogens with two attached hydrogens (primary N) is 1. The Kier molecular flexibility index (Phi) is 4.01. The van der Waals surface area contributed by atoms with E-state index in [1.54, 1.807) is 0 Å². The monoisotopic (exact) mass is 221 g/mol. The lowest BCUT2D eigenvalue weighted by molar-refractivity contribution is -0.118. The number of nitrogens with zero attached hydrogens (tertiary/aromatic N) is 1. The molecule has 1 atom stereocenters. The number of rotatable bonds is 3. The zero-order valence-electron chi connectivity index (χ0n) is 10.2. The number of aryl methyl sites for hydroxylation is 2. The molecule has 0 aliphatic rings. The van der Waals surface area contributed by atoms with Gasteiger partial charge in [-0.05, 0) is 37.5 Å². The molecule has 4 nitrogen and oxygen atoms in total. The molecular formula is C12H19N3O. The summed E-state index contributed by atoms with van der Waals surface area (Å²) in [5.74, 6) is 0.497. The van der Waals surface area contributed by atoms with Crippen molar-refractivity contribution in [3.63, 3.8) is 0 Å². The number of hydrogen-bond acceptors (Lipinski definition) is 3. The Hall–Kier alpha value is -1.42. The van der Waals surface area contributed by atoms with Crippen LogP contribution in [-0.4, -0.2) is 16.9 Å². The molecule has 88 valence electrons. The van der Waals surface area contributed by atoms with E-state index in [0.29, 0.717) is 5.82 Å². The number of anilines is 1. The molecule has 0 aromatic carbocycles. The summed E-state index contributed by atoms with van der Waals surface area (Å²) in [6.07, 6.45) is 0. The topological polar surface area (TPSA) is 68.0 Å². The van der Waals surface area contributed by atoms with E-state index >= 15 is 0 Å². The maximum atomic E-state index is 11.7. The van der Waals surface area contributed by atoms with Crippen molar-refractivity contribution < 1.29 is 4.79 Å². The first kappa shape index (κ1) is 12.6. The molecule has 3 N–H and O–H groups in total. The average Bonchev–Trinajstić information content (AvgIpc) is 2.14. The van der Waals surface area contributed by atoms with Crippen LogP contribution in [0.2, 0.25) is 0 Å². The first-order valence-electron chi connectivity index (χ1n) is 5.42. The van der Waals surface area contributed by atoms with Gasteiger partial charge in [0.05, 0.1) is 6.04 Å². The van der Waals surface area contributed by atoms with Gasteiger partial charge in [0.1, 0.15) is 5.82 Å². The summed E-state index contributed by atoms with van der Waals surface area (Å²) in [5, 5.41) is 2.73. The van der Waals surface area contributed by atoms with Gasteiger partial charge in [-0.15, -0.1) is 0 Å². The Morgan fingerprint density at radius 2 is 2.00 bits per heavy atom. The van der Waals surface area contributed by atoms with Gasteiger partial charge < -0.3 is 11.1 Å². The molecule has 0 aliphatic carbocycles. The highest BCUT2D eigenvalue weighted by molar-refractivity contribution is 5.94. The van der Waals surface area contributed by atoms with Crippen molar-refractivity contribution in [1.29, 1.82) is 0 Å². The van der Waals surface area contributed by atoms with E-state index < -0.39 is 6.04 Å². The minimum atomic E-state index is -0.498. The molecule has 1 rings (SSSR count). The van der Waals surface area contributed by atoms with Crippen LogP contribution in [0.1, 0.15) is 25.1 Å². The first-order chi connectivity index (χ1) is 7.40. The van der Waals surface area contributed by atoms with Crippen LogP contribution in [0.5, 0.6) is 0 Å². The molecule has 1 heterocycles. The molecule has 0 bridgehead atoms. The fourth-order valence-electron chi connectivity index (χ4n) is 1.42. The summed E-state index contributed by atoms with van der Waals surface area (Å²) >= 11 is 0. The highest BCUT2D eigenvalue weighted by Gasteiger charge is 2.17. The van der Waals surface area contributed by atoms with Crippen LogP contribution in [0.3, 0.4) is 0 Å². The van der Waals surface area contributed by atoms with E-state index in [2.05, 4.69) is 10.3 Å². The van der Waals surface area contributed by atoms with E-state index in [4.69, 9.17) is 5.73 Å². The predicted molar refractivity (Wildman–Crippen MR) is 65.2 cm³/mol. The third-order valence-corrected chi connectivity index (χ3v) is 2.37. The molecule has 4 heteroatoms. The fourth-order valence-corrected chi connectivity index (χ4v) is 1.42. The van der Waals surface area contributed by atoms with Crippen molar-refractivity contribution in [2.24, 2.45) is 11.7 Å². The van der Waals surface area contributed by atoms with E-state index in [-0.39, 0.29) is 11.8 Å². The Balaban J connectivity index is 2.77. The maximum Gasteiger partial charge on any atom is 0.242 e. The van der Waals surface area contributed by atoms with Crippen LogP contribution in [0.25, 0.3) is 0 Å². The zero-order valence-corrected chi connectivity index (χ0v) is 10.2. The molecule has 0 aliphatic heterocycles. The van der Waals surface area contributed by atoms with E-state index in [9.17, 15) is 4.79 Å². The highest BCUT2D eigenvalue weighted by atomic mass is 16.2. The lowest BCUT2D eigenvalue weighted by Crippen LogP contribution is -2.39. The molecule has 0 fully saturated rings. The second-order valence-corrected chi connectivity index (χ2v) is 4.43. The minimum absolute atomic E-state index is 0.117. The molecule has 1 aromatic heterocycles. The molecular weight excluding hydrogens is 202 g/mol. The molecule has 0 spiro atoms. The third-order valence-electron chi connectivity index (χ3n) is 2.37. The third kappa shape index (κ3) is 3.31. The fraction of sp³-hybridized carbons (Fsp3) is 0.500. The van der Waals surface area contributed by atoms with Gasteiger partial charge in [-0.3, -0.25) is 4.79 Å². The first-order valence-corrected chi connectivity index (χ1v) is 5.42. The summed E-state index contributed by atoms with van der Waals surface area (Å²) < 4.78 is 0. The Bertz CT molecular complexity index is 368. The Morgan fingerprint density at radius 3 is 2.50 bits per heavy atom.